The van der Waals surface area contributed by atoms with Crippen molar-refractivity contribution in [2.45, 2.75) is 57.5 Å². The average Bonchev–Trinajstić information content (AvgIpc) is 3.48. The van der Waals surface area contributed by atoms with Crippen LogP contribution in [0.3, 0.4) is 0 Å². The highest BCUT2D eigenvalue weighted by Crippen LogP contribution is 2.37. The van der Waals surface area contributed by atoms with E-state index >= 15 is 0 Å². The number of piperazine rings is 1. The van der Waals surface area contributed by atoms with E-state index in [1.165, 1.54) is 0 Å². The molecule has 3 atom stereocenters. The van der Waals surface area contributed by atoms with Gasteiger partial charge in [-0.3, -0.25) is 4.90 Å². The van der Waals surface area contributed by atoms with Crippen LogP contribution in [0.5, 0.6) is 0 Å². The summed E-state index contributed by atoms with van der Waals surface area (Å²) in [5.41, 5.74) is 3.26. The van der Waals surface area contributed by atoms with E-state index in [1.54, 1.807) is 10.7 Å². The van der Waals surface area contributed by atoms with Crippen molar-refractivity contribution in [3.8, 4) is 17.2 Å². The molecule has 2 unspecified atom stereocenters. The fourth-order valence-corrected chi connectivity index (χ4v) is 5.68. The molecule has 0 aromatic carbocycles. The number of anilines is 2. The topological polar surface area (TPSA) is 90.0 Å². The fourth-order valence-electron chi connectivity index (χ4n) is 5.68. The third-order valence-corrected chi connectivity index (χ3v) is 7.39. The number of ether oxygens (including phenoxy) is 1. The summed E-state index contributed by atoms with van der Waals surface area (Å²) in [7, 11) is 0. The molecule has 9 nitrogen and oxygen atoms in total. The second kappa shape index (κ2) is 8.61. The highest BCUT2D eigenvalue weighted by Gasteiger charge is 2.49. The number of nitriles is 1. The number of alkyl halides is 1. The smallest absolute Gasteiger partial charge is 0.410 e. The van der Waals surface area contributed by atoms with E-state index in [-0.39, 0.29) is 18.2 Å². The second-order valence-electron chi connectivity index (χ2n) is 11.1. The third kappa shape index (κ3) is 4.22. The van der Waals surface area contributed by atoms with Crippen LogP contribution in [0.15, 0.2) is 36.8 Å². The first kappa shape index (κ1) is 23.5. The standard InChI is InChI=1S/C27H30FN7O2/c1-27(2,3)37-26(36)35-21-8-22(35)15-33(14-21)24-5-4-17(11-30-24)23-9-20(32-7-6-19(28)13-32)16-34-25(23)18(10-29)12-31-34/h4-5,9,11-12,16,19,21-22H,6-8,13-15H2,1-3H3/t19-,21?,22?/m1/s1. The molecule has 3 aromatic rings. The van der Waals surface area contributed by atoms with Crippen LogP contribution in [-0.4, -0.2) is 75.6 Å². The molecule has 192 valence electrons. The molecule has 37 heavy (non-hydrogen) atoms. The van der Waals surface area contributed by atoms with E-state index in [0.717, 1.165) is 29.1 Å². The van der Waals surface area contributed by atoms with Crippen molar-refractivity contribution < 1.29 is 13.9 Å². The molecule has 10 heteroatoms. The Kier molecular flexibility index (Phi) is 5.48. The molecule has 4 saturated heterocycles. The van der Waals surface area contributed by atoms with Gasteiger partial charge in [0.25, 0.3) is 0 Å². The zero-order chi connectivity index (χ0) is 25.9. The van der Waals surface area contributed by atoms with E-state index in [4.69, 9.17) is 9.72 Å². The van der Waals surface area contributed by atoms with Crippen LogP contribution in [0.4, 0.5) is 20.7 Å². The van der Waals surface area contributed by atoms with Crippen LogP contribution in [0, 0.1) is 11.3 Å². The maximum atomic E-state index is 13.9. The summed E-state index contributed by atoms with van der Waals surface area (Å²) < 4.78 is 21.2. The lowest BCUT2D eigenvalue weighted by Gasteiger charge is -2.56. The van der Waals surface area contributed by atoms with E-state index in [2.05, 4.69) is 16.1 Å². The van der Waals surface area contributed by atoms with Gasteiger partial charge in [-0.15, -0.1) is 0 Å². The summed E-state index contributed by atoms with van der Waals surface area (Å²) in [6, 6.07) is 8.46. The Morgan fingerprint density at radius 1 is 1.16 bits per heavy atom. The van der Waals surface area contributed by atoms with E-state index in [0.29, 0.717) is 43.7 Å². The van der Waals surface area contributed by atoms with Gasteiger partial charge in [0.05, 0.1) is 41.2 Å². The van der Waals surface area contributed by atoms with Gasteiger partial charge in [0.2, 0.25) is 0 Å². The minimum Gasteiger partial charge on any atom is -0.444 e. The van der Waals surface area contributed by atoms with Gasteiger partial charge in [-0.25, -0.2) is 18.7 Å². The quantitative estimate of drug-likeness (QED) is 0.533. The monoisotopic (exact) mass is 503 g/mol. The van der Waals surface area contributed by atoms with Gasteiger partial charge in [-0.2, -0.15) is 10.4 Å². The number of carbonyl (C=O) groups excluding carboxylic acids is 1. The summed E-state index contributed by atoms with van der Waals surface area (Å²) in [5.74, 6) is 0.850. The highest BCUT2D eigenvalue weighted by molar-refractivity contribution is 5.86. The summed E-state index contributed by atoms with van der Waals surface area (Å²) in [6.07, 6.45) is 5.64. The van der Waals surface area contributed by atoms with Crippen molar-refractivity contribution in [1.29, 1.82) is 5.26 Å². The van der Waals surface area contributed by atoms with Crippen molar-refractivity contribution in [1.82, 2.24) is 19.5 Å². The predicted molar refractivity (Wildman–Crippen MR) is 137 cm³/mol. The molecule has 0 N–H and O–H groups in total. The number of fused-ring (bicyclic) bond motifs is 3. The van der Waals surface area contributed by atoms with Crippen molar-refractivity contribution >= 4 is 23.1 Å². The summed E-state index contributed by atoms with van der Waals surface area (Å²) in [5, 5.41) is 14.0. The third-order valence-electron chi connectivity index (χ3n) is 7.39. The Morgan fingerprint density at radius 3 is 2.57 bits per heavy atom. The molecular formula is C27H30FN7O2. The number of halogens is 1. The SMILES string of the molecule is CC(C)(C)OC(=O)N1C2CC1CN(c1ccc(-c3cc(N4CC[C@@H](F)C4)cn4ncc(C#N)c34)cn1)C2. The average molecular weight is 504 g/mol. The van der Waals surface area contributed by atoms with Crippen LogP contribution in [0.2, 0.25) is 0 Å². The highest BCUT2D eigenvalue weighted by atomic mass is 19.1. The number of aromatic nitrogens is 3. The maximum absolute atomic E-state index is 13.9. The van der Waals surface area contributed by atoms with Crippen LogP contribution in [-0.2, 0) is 4.74 Å². The molecule has 4 fully saturated rings. The largest absolute Gasteiger partial charge is 0.444 e. The van der Waals surface area contributed by atoms with Crippen molar-refractivity contribution in [3.05, 3.63) is 42.4 Å². The van der Waals surface area contributed by atoms with E-state index < -0.39 is 11.8 Å². The number of piperidine rings is 1. The number of pyridine rings is 2. The Hall–Kier alpha value is -3.87. The number of rotatable bonds is 3. The first-order valence-corrected chi connectivity index (χ1v) is 12.7. The Labute approximate surface area is 215 Å². The molecule has 1 amide bonds. The van der Waals surface area contributed by atoms with Gasteiger partial charge in [-0.05, 0) is 51.8 Å². The molecule has 4 aliphatic rings. The zero-order valence-corrected chi connectivity index (χ0v) is 21.3. The summed E-state index contributed by atoms with van der Waals surface area (Å²) in [6.45, 7) is 8.07. The lowest BCUT2D eigenvalue weighted by atomic mass is 9.88. The number of amides is 1. The summed E-state index contributed by atoms with van der Waals surface area (Å²) in [4.78, 5) is 23.4. The van der Waals surface area contributed by atoms with Gasteiger partial charge >= 0.3 is 6.09 Å². The maximum Gasteiger partial charge on any atom is 0.410 e. The van der Waals surface area contributed by atoms with Crippen LogP contribution in [0.1, 0.15) is 39.2 Å². The molecule has 7 rings (SSSR count). The van der Waals surface area contributed by atoms with Crippen molar-refractivity contribution in [2.24, 2.45) is 0 Å². The van der Waals surface area contributed by atoms with E-state index in [9.17, 15) is 14.4 Å². The molecule has 3 aromatic heterocycles. The lowest BCUT2D eigenvalue weighted by molar-refractivity contribution is -0.0380. The number of hydrogen-bond donors (Lipinski definition) is 0. The summed E-state index contributed by atoms with van der Waals surface area (Å²) >= 11 is 0. The van der Waals surface area contributed by atoms with Crippen LogP contribution in [0.25, 0.3) is 16.6 Å². The number of nitrogens with zero attached hydrogens (tertiary/aromatic N) is 7. The molecule has 0 saturated carbocycles. The second-order valence-corrected chi connectivity index (χ2v) is 11.1. The van der Waals surface area contributed by atoms with Crippen LogP contribution >= 0.6 is 0 Å². The molecule has 0 aliphatic carbocycles. The predicted octanol–water partition coefficient (Wildman–Crippen LogP) is 4.01. The number of hydrogen-bond acceptors (Lipinski definition) is 7. The van der Waals surface area contributed by atoms with Crippen LogP contribution < -0.4 is 9.80 Å². The molecular weight excluding hydrogens is 473 g/mol. The van der Waals surface area contributed by atoms with Gasteiger partial charge in [0, 0.05) is 43.5 Å². The van der Waals surface area contributed by atoms with Crippen molar-refractivity contribution in [2.75, 3.05) is 36.0 Å². The molecule has 0 spiro atoms. The Morgan fingerprint density at radius 2 is 1.95 bits per heavy atom. The zero-order valence-electron chi connectivity index (χ0n) is 21.3. The first-order chi connectivity index (χ1) is 17.7. The Balaban J connectivity index is 1.25. The minimum absolute atomic E-state index is 0.121. The van der Waals surface area contributed by atoms with Gasteiger partial charge in [0.1, 0.15) is 23.7 Å². The first-order valence-electron chi connectivity index (χ1n) is 12.7. The lowest BCUT2D eigenvalue weighted by Crippen LogP contribution is -2.70. The van der Waals surface area contributed by atoms with Gasteiger partial charge in [-0.1, -0.05) is 0 Å². The van der Waals surface area contributed by atoms with Crippen molar-refractivity contribution in [3.63, 3.8) is 0 Å². The molecule has 7 heterocycles. The Bertz CT molecular complexity index is 1380. The van der Waals surface area contributed by atoms with E-state index in [1.807, 2.05) is 61.2 Å². The molecule has 0 radical (unpaired) electrons. The molecule has 2 bridgehead atoms. The normalized spacial score (nSPS) is 23.2. The minimum atomic E-state index is -0.839. The fraction of sp³-hybridized carbons (Fsp3) is 0.481. The van der Waals surface area contributed by atoms with Gasteiger partial charge in [0.15, 0.2) is 0 Å². The number of carbonyl (C=O) groups is 1. The van der Waals surface area contributed by atoms with Gasteiger partial charge < -0.3 is 14.5 Å². The molecule has 4 aliphatic heterocycles.